The van der Waals surface area contributed by atoms with Gasteiger partial charge in [-0.25, -0.2) is 0 Å². The molecule has 24 nitrogen and oxygen atoms in total. The second-order valence-electron chi connectivity index (χ2n) is 26.3. The van der Waals surface area contributed by atoms with Crippen LogP contribution in [0.2, 0.25) is 0 Å². The number of aliphatic hydroxyl groups excluding tert-OH is 16. The summed E-state index contributed by atoms with van der Waals surface area (Å²) in [7, 11) is 0. The number of benzene rings is 2. The Kier molecular flexibility index (Phi) is 33.1. The number of hydrogen-bond donors (Lipinski definition) is 16. The molecule has 0 bridgehead atoms. The molecule has 4 fully saturated rings. The van der Waals surface area contributed by atoms with E-state index >= 15 is 0 Å². The van der Waals surface area contributed by atoms with Crippen molar-refractivity contribution in [1.29, 1.82) is 0 Å². The molecule has 2 aromatic carbocycles. The van der Waals surface area contributed by atoms with Gasteiger partial charge in [0.15, 0.2) is 0 Å². The van der Waals surface area contributed by atoms with Gasteiger partial charge in [-0.3, -0.25) is 0 Å². The Bertz CT molecular complexity index is 2050. The van der Waals surface area contributed by atoms with Gasteiger partial charge in [0.1, 0.15) is 121 Å². The van der Waals surface area contributed by atoms with Crippen LogP contribution in [-0.2, 0) is 44.6 Å². The minimum Gasteiger partial charge on any atom is -0.462 e. The molecule has 0 aliphatic carbocycles. The number of unbranched alkanes of at least 4 members (excludes halogenated alkanes) is 4. The molecule has 4 heterocycles. The van der Waals surface area contributed by atoms with Gasteiger partial charge in [0.2, 0.25) is 25.2 Å². The van der Waals surface area contributed by atoms with E-state index in [0.717, 1.165) is 101 Å². The highest BCUT2D eigenvalue weighted by Crippen LogP contribution is 2.41. The first-order valence-corrected chi connectivity index (χ1v) is 33.0. The van der Waals surface area contributed by atoms with Crippen LogP contribution in [0.1, 0.15) is 168 Å². The van der Waals surface area contributed by atoms with Gasteiger partial charge >= 0.3 is 0 Å². The maximum absolute atomic E-state index is 10.8. The summed E-state index contributed by atoms with van der Waals surface area (Å²) in [5, 5.41) is 165. The molecule has 22 atom stereocenters. The molecule has 4 aliphatic heterocycles. The van der Waals surface area contributed by atoms with Crippen molar-refractivity contribution in [1.82, 2.24) is 0 Å². The lowest BCUT2D eigenvalue weighted by Crippen LogP contribution is -2.60. The maximum atomic E-state index is 10.8. The molecular weight excluding hydrogens is 1180 g/mol. The van der Waals surface area contributed by atoms with E-state index in [1.54, 1.807) is 0 Å². The van der Waals surface area contributed by atoms with Crippen LogP contribution in [0.4, 0.5) is 0 Å². The number of aliphatic hydroxyl groups is 16. The van der Waals surface area contributed by atoms with Crippen LogP contribution in [0.3, 0.4) is 0 Å². The summed E-state index contributed by atoms with van der Waals surface area (Å²) in [6, 6.07) is 7.26. The Morgan fingerprint density at radius 3 is 0.800 bits per heavy atom. The van der Waals surface area contributed by atoms with Crippen molar-refractivity contribution in [2.45, 2.75) is 294 Å². The summed E-state index contributed by atoms with van der Waals surface area (Å²) in [5.74, 6) is 3.07. The average Bonchev–Trinajstić information content (AvgIpc) is 0.832. The van der Waals surface area contributed by atoms with Crippen molar-refractivity contribution in [3.8, 4) is 23.0 Å². The predicted octanol–water partition coefficient (Wildman–Crippen LogP) is 2.34. The topological polar surface area (TPSA) is 398 Å². The van der Waals surface area contributed by atoms with Gasteiger partial charge < -0.3 is 120 Å². The van der Waals surface area contributed by atoms with E-state index < -0.39 is 149 Å². The van der Waals surface area contributed by atoms with E-state index in [4.69, 9.17) is 37.9 Å². The van der Waals surface area contributed by atoms with E-state index in [-0.39, 0.29) is 0 Å². The molecular formula is C66H112O24. The first-order valence-electron chi connectivity index (χ1n) is 33.0. The summed E-state index contributed by atoms with van der Waals surface area (Å²) < 4.78 is 47.5. The zero-order valence-electron chi connectivity index (χ0n) is 54.1. The second kappa shape index (κ2) is 38.4. The van der Waals surface area contributed by atoms with Crippen molar-refractivity contribution in [2.24, 2.45) is 23.7 Å². The highest BCUT2D eigenvalue weighted by molar-refractivity contribution is 5.50. The first kappa shape index (κ1) is 77.5. The number of hydrogen-bond acceptors (Lipinski definition) is 24. The third-order valence-electron chi connectivity index (χ3n) is 17.7. The fourth-order valence-corrected chi connectivity index (χ4v) is 11.7. The fraction of sp³-hybridized carbons (Fsp3) is 0.818. The lowest BCUT2D eigenvalue weighted by Gasteiger charge is -2.40. The van der Waals surface area contributed by atoms with Crippen LogP contribution in [0.25, 0.3) is 0 Å². The standard InChI is InChI=1S/2C33H56O12/c2*1-5-6-7-11-20-14-22(42-32-30(40)28(38)26(36)24(16-34)44-32)21(13-12-19(4)10-8-9-18(2)3)23(15-20)43-33-31(41)29(39)27(37)25(17-35)45-33/h2*14-15,18-19,24-41H,5-13,16-17H2,1-4H3/t19-,24+,25+,26+,27+,28-,29-,30+,31+,32+,33+;19-,24-,25-,26-,27-,28+,29+,30-,31-,32-,33-/m01/s1. The largest absolute Gasteiger partial charge is 0.462 e. The molecule has 2 aromatic rings. The molecule has 0 spiro atoms. The smallest absolute Gasteiger partial charge is 0.229 e. The van der Waals surface area contributed by atoms with Crippen LogP contribution in [0.5, 0.6) is 23.0 Å². The van der Waals surface area contributed by atoms with Crippen molar-refractivity contribution >= 4 is 0 Å². The predicted molar refractivity (Wildman–Crippen MR) is 329 cm³/mol. The molecule has 90 heavy (non-hydrogen) atoms. The lowest BCUT2D eigenvalue weighted by molar-refractivity contribution is -0.279. The van der Waals surface area contributed by atoms with Crippen molar-refractivity contribution in [3.05, 3.63) is 46.5 Å². The van der Waals surface area contributed by atoms with Crippen molar-refractivity contribution < 1.29 is 120 Å². The summed E-state index contributed by atoms with van der Waals surface area (Å²) in [6.45, 7) is 14.9. The Morgan fingerprint density at radius 2 is 0.578 bits per heavy atom. The summed E-state index contributed by atoms with van der Waals surface area (Å²) >= 11 is 0. The molecule has 0 saturated carbocycles. The minimum atomic E-state index is -1.62. The third-order valence-corrected chi connectivity index (χ3v) is 17.7. The van der Waals surface area contributed by atoms with Gasteiger partial charge in [-0.05, 0) is 110 Å². The zero-order chi connectivity index (χ0) is 66.5. The Balaban J connectivity index is 0.000000327. The molecule has 4 saturated heterocycles. The summed E-state index contributed by atoms with van der Waals surface area (Å²) in [4.78, 5) is 0. The van der Waals surface area contributed by atoms with E-state index in [1.807, 2.05) is 24.3 Å². The molecule has 6 rings (SSSR count). The van der Waals surface area contributed by atoms with Gasteiger partial charge in [0.05, 0.1) is 26.4 Å². The van der Waals surface area contributed by atoms with Gasteiger partial charge in [-0.1, -0.05) is 120 Å². The Morgan fingerprint density at radius 1 is 0.322 bits per heavy atom. The molecule has 0 unspecified atom stereocenters. The van der Waals surface area contributed by atoms with Gasteiger partial charge in [0.25, 0.3) is 0 Å². The maximum Gasteiger partial charge on any atom is 0.229 e. The molecule has 0 amide bonds. The summed E-state index contributed by atoms with van der Waals surface area (Å²) in [5.41, 5.74) is 2.77. The molecule has 0 aromatic heterocycles. The molecule has 0 radical (unpaired) electrons. The van der Waals surface area contributed by atoms with Crippen molar-refractivity contribution in [2.75, 3.05) is 26.4 Å². The molecule has 16 N–H and O–H groups in total. The Hall–Kier alpha value is -3.16. The number of rotatable bonds is 34. The van der Waals surface area contributed by atoms with Crippen LogP contribution >= 0.6 is 0 Å². The fourth-order valence-electron chi connectivity index (χ4n) is 11.7. The molecule has 24 heteroatoms. The second-order valence-corrected chi connectivity index (χ2v) is 26.3. The number of aryl methyl sites for hydroxylation is 2. The van der Waals surface area contributed by atoms with E-state index in [1.165, 1.54) is 0 Å². The van der Waals surface area contributed by atoms with Gasteiger partial charge in [-0.15, -0.1) is 0 Å². The lowest BCUT2D eigenvalue weighted by atomic mass is 9.92. The molecule has 4 aliphatic rings. The highest BCUT2D eigenvalue weighted by atomic mass is 16.7. The van der Waals surface area contributed by atoms with Crippen LogP contribution in [-0.4, -0.2) is 231 Å². The normalized spacial score (nSPS) is 32.9. The van der Waals surface area contributed by atoms with Gasteiger partial charge in [-0.2, -0.15) is 0 Å². The molecule has 520 valence electrons. The summed E-state index contributed by atoms with van der Waals surface area (Å²) in [6.07, 6.45) is -13.7. The van der Waals surface area contributed by atoms with Crippen LogP contribution in [0.15, 0.2) is 24.3 Å². The van der Waals surface area contributed by atoms with Crippen molar-refractivity contribution in [3.63, 3.8) is 0 Å². The van der Waals surface area contributed by atoms with E-state index in [9.17, 15) is 81.7 Å². The SMILES string of the molecule is CCCCCc1cc(O[C@@H]2O[C@H](CO)[C@@H](O)[C@H](O)[C@H]2O)c(CC[C@@H](C)CCCC(C)C)c(O[C@@H]2O[C@H](CO)[C@@H](O)[C@H](O)[C@H]2O)c1.CCCCCc1cc(O[C@@H]2O[C@H](CO)[C@@H](O)[C@H](O)[C@H]2O)c(CC[C@H](C)CCCC(C)C)c(O[C@@H]2O[C@H](CO)[C@@H](O)[C@H](O)[C@H]2O)c1. The quantitative estimate of drug-likeness (QED) is 0.0447. The van der Waals surface area contributed by atoms with Crippen LogP contribution < -0.4 is 18.9 Å². The number of ether oxygens (including phenoxy) is 8. The van der Waals surface area contributed by atoms with E-state index in [0.29, 0.717) is 83.5 Å². The monoisotopic (exact) mass is 1290 g/mol. The minimum absolute atomic E-state index is 0.294. The highest BCUT2D eigenvalue weighted by Gasteiger charge is 2.49. The Labute approximate surface area is 531 Å². The average molecular weight is 1290 g/mol. The van der Waals surface area contributed by atoms with E-state index in [2.05, 4.69) is 55.4 Å². The van der Waals surface area contributed by atoms with Gasteiger partial charge in [0, 0.05) is 11.1 Å². The van der Waals surface area contributed by atoms with Crippen LogP contribution in [0, 0.1) is 23.7 Å². The zero-order valence-corrected chi connectivity index (χ0v) is 54.1. The first-order chi connectivity index (χ1) is 42.8. The third kappa shape index (κ3) is 21.9.